The van der Waals surface area contributed by atoms with E-state index in [0.717, 1.165) is 41.8 Å². The van der Waals surface area contributed by atoms with E-state index in [4.69, 9.17) is 4.74 Å². The predicted molar refractivity (Wildman–Crippen MR) is 178 cm³/mol. The number of carbonyl (C=O) groups excluding carboxylic acids is 1. The van der Waals surface area contributed by atoms with Gasteiger partial charge in [0.1, 0.15) is 17.2 Å². The average molecular weight is 595 g/mol. The molecule has 0 saturated heterocycles. The molecule has 6 nitrogen and oxygen atoms in total. The van der Waals surface area contributed by atoms with E-state index >= 15 is 0 Å². The van der Waals surface area contributed by atoms with Crippen LogP contribution in [-0.4, -0.2) is 52.8 Å². The highest BCUT2D eigenvalue weighted by Crippen LogP contribution is 2.35. The van der Waals surface area contributed by atoms with Gasteiger partial charge in [0.15, 0.2) is 0 Å². The predicted octanol–water partition coefficient (Wildman–Crippen LogP) is 7.33. The van der Waals surface area contributed by atoms with Crippen molar-refractivity contribution in [2.45, 2.75) is 65.0 Å². The van der Waals surface area contributed by atoms with Crippen LogP contribution < -0.4 is 10.1 Å². The Labute approximate surface area is 262 Å². The van der Waals surface area contributed by atoms with Crippen molar-refractivity contribution in [2.24, 2.45) is 0 Å². The van der Waals surface area contributed by atoms with Crippen LogP contribution in [0.2, 0.25) is 0 Å². The van der Waals surface area contributed by atoms with Crippen LogP contribution in [0.1, 0.15) is 72.6 Å². The highest BCUT2D eigenvalue weighted by molar-refractivity contribution is 5.94. The Morgan fingerprint density at radius 2 is 1.45 bits per heavy atom. The third-order valence-corrected chi connectivity index (χ3v) is 8.08. The molecule has 0 radical (unpaired) electrons. The summed E-state index contributed by atoms with van der Waals surface area (Å²) in [5.41, 5.74) is 4.93. The van der Waals surface area contributed by atoms with Crippen molar-refractivity contribution < 1.29 is 19.7 Å². The Morgan fingerprint density at radius 1 is 0.795 bits per heavy atom. The second kappa shape index (κ2) is 16.0. The zero-order valence-corrected chi connectivity index (χ0v) is 26.4. The van der Waals surface area contributed by atoms with Crippen LogP contribution in [-0.2, 0) is 12.8 Å². The number of nitrogens with zero attached hydrogens (tertiary/aromatic N) is 1. The lowest BCUT2D eigenvalue weighted by molar-refractivity contribution is 0.0954. The zero-order chi connectivity index (χ0) is 31.5. The molecular weight excluding hydrogens is 548 g/mol. The fourth-order valence-electron chi connectivity index (χ4n) is 5.69. The van der Waals surface area contributed by atoms with Crippen molar-refractivity contribution >= 4 is 5.91 Å². The highest BCUT2D eigenvalue weighted by atomic mass is 16.5. The Balaban J connectivity index is 1.32. The first-order chi connectivity index (χ1) is 21.2. The van der Waals surface area contributed by atoms with E-state index in [1.165, 1.54) is 17.7 Å². The molecule has 232 valence electrons. The number of ether oxygens (including phenoxy) is 1. The number of hydrogen-bond acceptors (Lipinski definition) is 5. The SMILES string of the molecule is CC(C)N(CC[C@H](c1ccccc1)c1cc(CCOc2ccc(CCNC(=O)c3ccc(O)cc3)cc2)ccc1O)C(C)C. The van der Waals surface area contributed by atoms with E-state index < -0.39 is 0 Å². The van der Waals surface area contributed by atoms with Crippen LogP contribution in [0.5, 0.6) is 17.2 Å². The number of benzene rings is 4. The summed E-state index contributed by atoms with van der Waals surface area (Å²) < 4.78 is 6.06. The summed E-state index contributed by atoms with van der Waals surface area (Å²) in [7, 11) is 0. The van der Waals surface area contributed by atoms with E-state index in [2.05, 4.69) is 68.2 Å². The van der Waals surface area contributed by atoms with Gasteiger partial charge in [-0.3, -0.25) is 9.69 Å². The van der Waals surface area contributed by atoms with E-state index in [0.29, 0.717) is 43.0 Å². The molecule has 1 atom stereocenters. The van der Waals surface area contributed by atoms with Gasteiger partial charge in [0.25, 0.3) is 5.91 Å². The number of carbonyl (C=O) groups is 1. The molecule has 1 amide bonds. The van der Waals surface area contributed by atoms with E-state index in [9.17, 15) is 15.0 Å². The second-order valence-electron chi connectivity index (χ2n) is 11.9. The molecule has 0 aromatic heterocycles. The summed E-state index contributed by atoms with van der Waals surface area (Å²) >= 11 is 0. The molecule has 0 spiro atoms. The van der Waals surface area contributed by atoms with Crippen molar-refractivity contribution in [3.63, 3.8) is 0 Å². The van der Waals surface area contributed by atoms with Crippen LogP contribution in [0.3, 0.4) is 0 Å². The minimum absolute atomic E-state index is 0.0930. The van der Waals surface area contributed by atoms with Gasteiger partial charge in [0, 0.05) is 42.1 Å². The van der Waals surface area contributed by atoms with Gasteiger partial charge >= 0.3 is 0 Å². The second-order valence-corrected chi connectivity index (χ2v) is 11.9. The maximum atomic E-state index is 12.3. The third kappa shape index (κ3) is 9.35. The van der Waals surface area contributed by atoms with Crippen molar-refractivity contribution in [1.82, 2.24) is 10.2 Å². The highest BCUT2D eigenvalue weighted by Gasteiger charge is 2.21. The molecule has 0 fully saturated rings. The van der Waals surface area contributed by atoms with E-state index in [1.54, 1.807) is 12.1 Å². The molecule has 44 heavy (non-hydrogen) atoms. The maximum absolute atomic E-state index is 12.3. The minimum Gasteiger partial charge on any atom is -0.508 e. The molecule has 4 aromatic carbocycles. The number of aromatic hydroxyl groups is 2. The Hall–Kier alpha value is -4.29. The molecule has 6 heteroatoms. The molecule has 0 unspecified atom stereocenters. The number of nitrogens with one attached hydrogen (secondary N) is 1. The van der Waals surface area contributed by atoms with Crippen molar-refractivity contribution in [2.75, 3.05) is 19.7 Å². The monoisotopic (exact) mass is 594 g/mol. The molecule has 0 aliphatic heterocycles. The van der Waals surface area contributed by atoms with Gasteiger partial charge in [0.2, 0.25) is 0 Å². The molecule has 0 saturated carbocycles. The quantitative estimate of drug-likeness (QED) is 0.134. The zero-order valence-electron chi connectivity index (χ0n) is 26.4. The maximum Gasteiger partial charge on any atom is 0.251 e. The smallest absolute Gasteiger partial charge is 0.251 e. The molecule has 0 bridgehead atoms. The molecule has 0 aliphatic carbocycles. The van der Waals surface area contributed by atoms with Gasteiger partial charge in [-0.15, -0.1) is 0 Å². The van der Waals surface area contributed by atoms with Crippen molar-refractivity contribution in [3.05, 3.63) is 125 Å². The first kappa shape index (κ1) is 32.6. The summed E-state index contributed by atoms with van der Waals surface area (Å²) in [6.07, 6.45) is 2.35. The fourth-order valence-corrected chi connectivity index (χ4v) is 5.69. The number of rotatable bonds is 15. The van der Waals surface area contributed by atoms with E-state index in [1.807, 2.05) is 42.5 Å². The average Bonchev–Trinajstić information content (AvgIpc) is 3.01. The van der Waals surface area contributed by atoms with Crippen LogP contribution in [0.15, 0.2) is 97.1 Å². The van der Waals surface area contributed by atoms with Crippen LogP contribution in [0, 0.1) is 0 Å². The van der Waals surface area contributed by atoms with E-state index in [-0.39, 0.29) is 17.6 Å². The van der Waals surface area contributed by atoms with Crippen LogP contribution in [0.4, 0.5) is 0 Å². The van der Waals surface area contributed by atoms with Crippen LogP contribution in [0.25, 0.3) is 0 Å². The molecule has 4 aromatic rings. The summed E-state index contributed by atoms with van der Waals surface area (Å²) in [4.78, 5) is 14.8. The first-order valence-corrected chi connectivity index (χ1v) is 15.6. The van der Waals surface area contributed by atoms with Gasteiger partial charge in [-0.25, -0.2) is 0 Å². The molecule has 3 N–H and O–H groups in total. The first-order valence-electron chi connectivity index (χ1n) is 15.6. The summed E-state index contributed by atoms with van der Waals surface area (Å²) in [5, 5.41) is 23.3. The number of hydrogen-bond donors (Lipinski definition) is 3. The normalized spacial score (nSPS) is 12.1. The Morgan fingerprint density at radius 3 is 2.11 bits per heavy atom. The minimum atomic E-state index is -0.162. The standard InChI is InChI=1S/C38H46N2O4/c1-27(2)40(28(3)4)24-21-35(31-8-6-5-7-9-31)36-26-30(12-19-37(36)42)22-25-44-34-17-10-29(11-18-34)20-23-39-38(43)32-13-15-33(41)16-14-32/h5-19,26-28,35,41-42H,20-25H2,1-4H3,(H,39,43)/t35-/m1/s1. The Kier molecular flexibility index (Phi) is 11.8. The van der Waals surface area contributed by atoms with Gasteiger partial charge in [0.05, 0.1) is 6.61 Å². The van der Waals surface area contributed by atoms with Crippen LogP contribution >= 0.6 is 0 Å². The fraction of sp³-hybridized carbons (Fsp3) is 0.342. The lowest BCUT2D eigenvalue weighted by atomic mass is 9.86. The van der Waals surface area contributed by atoms with Crippen molar-refractivity contribution in [3.8, 4) is 17.2 Å². The third-order valence-electron chi connectivity index (χ3n) is 8.08. The van der Waals surface area contributed by atoms with Gasteiger partial charge in [-0.2, -0.15) is 0 Å². The molecular formula is C38H46N2O4. The van der Waals surface area contributed by atoms with Gasteiger partial charge < -0.3 is 20.3 Å². The largest absolute Gasteiger partial charge is 0.508 e. The summed E-state index contributed by atoms with van der Waals surface area (Å²) in [6.45, 7) is 10.9. The van der Waals surface area contributed by atoms with Gasteiger partial charge in [-0.1, -0.05) is 54.6 Å². The summed E-state index contributed by atoms with van der Waals surface area (Å²) in [5.74, 6) is 1.20. The number of amides is 1. The molecule has 0 aliphatic rings. The number of phenolic OH excluding ortho intramolecular Hbond substituents is 2. The molecule has 0 heterocycles. The lowest BCUT2D eigenvalue weighted by Crippen LogP contribution is -2.38. The molecule has 4 rings (SSSR count). The summed E-state index contributed by atoms with van der Waals surface area (Å²) in [6, 6.07) is 31.5. The Bertz CT molecular complexity index is 1440. The lowest BCUT2D eigenvalue weighted by Gasteiger charge is -2.32. The van der Waals surface area contributed by atoms with Crippen molar-refractivity contribution in [1.29, 1.82) is 0 Å². The number of phenols is 2. The topological polar surface area (TPSA) is 82.0 Å². The van der Waals surface area contributed by atoms with Gasteiger partial charge in [-0.05, 0) is 106 Å².